The zero-order valence-corrected chi connectivity index (χ0v) is 14.9. The number of amides is 1. The van der Waals surface area contributed by atoms with Gasteiger partial charge in [0, 0.05) is 25.8 Å². The van der Waals surface area contributed by atoms with Crippen LogP contribution in [0, 0.1) is 12.3 Å². The SMILES string of the molecule is Cc1c(C(=O)N2CC[C@](Cc3ccccc3)(C(=O)O)[C@@H](O)C2)cnn1C. The number of hydrogen-bond donors (Lipinski definition) is 2. The van der Waals surface area contributed by atoms with Gasteiger partial charge in [-0.15, -0.1) is 0 Å². The Balaban J connectivity index is 1.80. The zero-order chi connectivity index (χ0) is 18.9. The van der Waals surface area contributed by atoms with Crippen molar-refractivity contribution >= 4 is 11.9 Å². The molecule has 1 amide bonds. The summed E-state index contributed by atoms with van der Waals surface area (Å²) in [7, 11) is 1.76. The lowest BCUT2D eigenvalue weighted by molar-refractivity contribution is -0.161. The predicted molar refractivity (Wildman–Crippen MR) is 94.7 cm³/mol. The van der Waals surface area contributed by atoms with Crippen molar-refractivity contribution in [1.29, 1.82) is 0 Å². The number of β-amino-alcohol motifs (C(OH)–C–C–N with tert-alkyl or cyclic N) is 1. The van der Waals surface area contributed by atoms with E-state index in [4.69, 9.17) is 0 Å². The van der Waals surface area contributed by atoms with Crippen molar-refractivity contribution in [3.63, 3.8) is 0 Å². The summed E-state index contributed by atoms with van der Waals surface area (Å²) < 4.78 is 1.62. The number of likely N-dealkylation sites (tertiary alicyclic amines) is 1. The van der Waals surface area contributed by atoms with E-state index in [9.17, 15) is 19.8 Å². The maximum atomic E-state index is 12.7. The summed E-state index contributed by atoms with van der Waals surface area (Å²) in [5.41, 5.74) is 0.786. The molecule has 1 aliphatic heterocycles. The van der Waals surface area contributed by atoms with Crippen LogP contribution in [0.25, 0.3) is 0 Å². The van der Waals surface area contributed by atoms with Gasteiger partial charge in [0.1, 0.15) is 5.41 Å². The molecule has 7 heteroatoms. The molecular weight excluding hydrogens is 334 g/mol. The van der Waals surface area contributed by atoms with Gasteiger partial charge >= 0.3 is 5.97 Å². The average molecular weight is 357 g/mol. The Hall–Kier alpha value is -2.67. The molecule has 1 aliphatic rings. The number of aliphatic carboxylic acids is 1. The molecule has 0 aliphatic carbocycles. The van der Waals surface area contributed by atoms with Gasteiger partial charge < -0.3 is 15.1 Å². The van der Waals surface area contributed by atoms with Gasteiger partial charge in [-0.3, -0.25) is 14.3 Å². The quantitative estimate of drug-likeness (QED) is 0.859. The molecule has 0 bridgehead atoms. The van der Waals surface area contributed by atoms with Crippen LogP contribution in [0.1, 0.15) is 28.0 Å². The average Bonchev–Trinajstić information content (AvgIpc) is 2.96. The Labute approximate surface area is 151 Å². The van der Waals surface area contributed by atoms with Crippen molar-refractivity contribution in [2.45, 2.75) is 25.9 Å². The lowest BCUT2D eigenvalue weighted by atomic mass is 9.71. The number of benzene rings is 1. The van der Waals surface area contributed by atoms with E-state index < -0.39 is 17.5 Å². The Bertz CT molecular complexity index is 817. The summed E-state index contributed by atoms with van der Waals surface area (Å²) in [6.07, 6.45) is 0.796. The first kappa shape index (κ1) is 18.1. The molecule has 1 saturated heterocycles. The molecule has 2 heterocycles. The summed E-state index contributed by atoms with van der Waals surface area (Å²) in [5, 5.41) is 24.6. The molecule has 0 saturated carbocycles. The minimum absolute atomic E-state index is 0.00764. The molecule has 2 N–H and O–H groups in total. The lowest BCUT2D eigenvalue weighted by Crippen LogP contribution is -2.57. The van der Waals surface area contributed by atoms with Crippen molar-refractivity contribution in [2.24, 2.45) is 12.5 Å². The van der Waals surface area contributed by atoms with Crippen LogP contribution in [0.4, 0.5) is 0 Å². The number of aliphatic hydroxyl groups is 1. The monoisotopic (exact) mass is 357 g/mol. The topological polar surface area (TPSA) is 95.7 Å². The summed E-state index contributed by atoms with van der Waals surface area (Å²) in [6, 6.07) is 9.27. The molecule has 0 spiro atoms. The van der Waals surface area contributed by atoms with E-state index in [0.29, 0.717) is 5.56 Å². The first-order valence-corrected chi connectivity index (χ1v) is 8.58. The second-order valence-electron chi connectivity index (χ2n) is 6.91. The standard InChI is InChI=1S/C19H23N3O4/c1-13-15(11-20-21(13)2)17(24)22-9-8-19(18(25)26,16(23)12-22)10-14-6-4-3-5-7-14/h3-7,11,16,23H,8-10,12H2,1-2H3,(H,25,26)/t16-,19+/m0/s1. The highest BCUT2D eigenvalue weighted by molar-refractivity contribution is 5.95. The Morgan fingerprint density at radius 2 is 2.00 bits per heavy atom. The Morgan fingerprint density at radius 3 is 2.54 bits per heavy atom. The molecular formula is C19H23N3O4. The third kappa shape index (κ3) is 3.10. The van der Waals surface area contributed by atoms with Crippen molar-refractivity contribution in [1.82, 2.24) is 14.7 Å². The maximum Gasteiger partial charge on any atom is 0.312 e. The van der Waals surface area contributed by atoms with E-state index in [1.165, 1.54) is 11.1 Å². The fourth-order valence-corrected chi connectivity index (χ4v) is 3.53. The highest BCUT2D eigenvalue weighted by Crippen LogP contribution is 2.36. The number of carbonyl (C=O) groups excluding carboxylic acids is 1. The van der Waals surface area contributed by atoms with Crippen LogP contribution in [0.3, 0.4) is 0 Å². The maximum absolute atomic E-state index is 12.7. The van der Waals surface area contributed by atoms with Gasteiger partial charge in [0.2, 0.25) is 0 Å². The van der Waals surface area contributed by atoms with Crippen LogP contribution in [-0.2, 0) is 18.3 Å². The molecule has 7 nitrogen and oxygen atoms in total. The molecule has 26 heavy (non-hydrogen) atoms. The number of carbonyl (C=O) groups is 2. The number of aromatic nitrogens is 2. The number of rotatable bonds is 4. The summed E-state index contributed by atoms with van der Waals surface area (Å²) in [5.74, 6) is -1.26. The number of carboxylic acids is 1. The molecule has 1 aromatic carbocycles. The van der Waals surface area contributed by atoms with Crippen LogP contribution >= 0.6 is 0 Å². The van der Waals surface area contributed by atoms with Crippen LogP contribution in [0.2, 0.25) is 0 Å². The predicted octanol–water partition coefficient (Wildman–Crippen LogP) is 1.25. The van der Waals surface area contributed by atoms with E-state index in [1.807, 2.05) is 30.3 Å². The van der Waals surface area contributed by atoms with Crippen molar-refractivity contribution in [3.8, 4) is 0 Å². The molecule has 0 radical (unpaired) electrons. The number of carboxylic acid groups (broad SMARTS) is 1. The van der Waals surface area contributed by atoms with E-state index >= 15 is 0 Å². The molecule has 1 aromatic heterocycles. The van der Waals surface area contributed by atoms with Gasteiger partial charge in [0.05, 0.1) is 17.9 Å². The van der Waals surface area contributed by atoms with Crippen LogP contribution in [0.5, 0.6) is 0 Å². The summed E-state index contributed by atoms with van der Waals surface area (Å²) in [4.78, 5) is 26.3. The number of aryl methyl sites for hydroxylation is 1. The first-order chi connectivity index (χ1) is 12.3. The smallest absolute Gasteiger partial charge is 0.312 e. The molecule has 2 aromatic rings. The third-order valence-corrected chi connectivity index (χ3v) is 5.40. The minimum Gasteiger partial charge on any atom is -0.481 e. The van der Waals surface area contributed by atoms with Crippen LogP contribution < -0.4 is 0 Å². The molecule has 3 rings (SSSR count). The normalized spacial score (nSPS) is 23.0. The van der Waals surface area contributed by atoms with Gasteiger partial charge in [-0.2, -0.15) is 5.10 Å². The van der Waals surface area contributed by atoms with Gasteiger partial charge in [0.15, 0.2) is 0 Å². The Kier molecular flexibility index (Phi) is 4.82. The van der Waals surface area contributed by atoms with E-state index in [1.54, 1.807) is 18.7 Å². The molecule has 1 fully saturated rings. The number of hydrogen-bond acceptors (Lipinski definition) is 4. The molecule has 2 atom stereocenters. The Morgan fingerprint density at radius 1 is 1.31 bits per heavy atom. The molecule has 0 unspecified atom stereocenters. The lowest BCUT2D eigenvalue weighted by Gasteiger charge is -2.42. The van der Waals surface area contributed by atoms with Crippen molar-refractivity contribution in [3.05, 3.63) is 53.3 Å². The largest absolute Gasteiger partial charge is 0.481 e. The summed E-state index contributed by atoms with van der Waals surface area (Å²) >= 11 is 0. The number of aliphatic hydroxyl groups excluding tert-OH is 1. The highest BCUT2D eigenvalue weighted by Gasteiger charge is 2.49. The van der Waals surface area contributed by atoms with Gasteiger partial charge in [-0.05, 0) is 25.3 Å². The van der Waals surface area contributed by atoms with Crippen molar-refractivity contribution < 1.29 is 19.8 Å². The van der Waals surface area contributed by atoms with Crippen molar-refractivity contribution in [2.75, 3.05) is 13.1 Å². The fourth-order valence-electron chi connectivity index (χ4n) is 3.53. The second kappa shape index (κ2) is 6.92. The van der Waals surface area contributed by atoms with E-state index in [-0.39, 0.29) is 31.8 Å². The molecule has 138 valence electrons. The van der Waals surface area contributed by atoms with Gasteiger partial charge in [0.25, 0.3) is 5.91 Å². The number of piperidine rings is 1. The van der Waals surface area contributed by atoms with E-state index in [2.05, 4.69) is 5.10 Å². The second-order valence-corrected chi connectivity index (χ2v) is 6.91. The highest BCUT2D eigenvalue weighted by atomic mass is 16.4. The van der Waals surface area contributed by atoms with Gasteiger partial charge in [-0.25, -0.2) is 0 Å². The van der Waals surface area contributed by atoms with Crippen LogP contribution in [-0.4, -0.2) is 56.0 Å². The first-order valence-electron chi connectivity index (χ1n) is 8.58. The minimum atomic E-state index is -1.29. The summed E-state index contributed by atoms with van der Waals surface area (Å²) in [6.45, 7) is 2.08. The fraction of sp³-hybridized carbons (Fsp3) is 0.421. The zero-order valence-electron chi connectivity index (χ0n) is 14.9. The third-order valence-electron chi connectivity index (χ3n) is 5.40. The number of nitrogens with zero attached hydrogens (tertiary/aromatic N) is 3. The van der Waals surface area contributed by atoms with E-state index in [0.717, 1.165) is 11.3 Å². The van der Waals surface area contributed by atoms with Crippen LogP contribution in [0.15, 0.2) is 36.5 Å². The van der Waals surface area contributed by atoms with Gasteiger partial charge in [-0.1, -0.05) is 30.3 Å².